The SMILES string of the molecule is CCN(Cc1nc(-c2cccs2)no1)C(=O)[C@H]1CCCN(S(C)(=O)=O)C1. The molecule has 1 atom stereocenters. The molecule has 0 aliphatic carbocycles. The van der Waals surface area contributed by atoms with E-state index in [1.165, 1.54) is 21.9 Å². The molecule has 1 fully saturated rings. The van der Waals surface area contributed by atoms with Crippen LogP contribution in [0.1, 0.15) is 25.7 Å². The van der Waals surface area contributed by atoms with Gasteiger partial charge in [0, 0.05) is 19.6 Å². The zero-order valence-corrected chi connectivity index (χ0v) is 16.4. The highest BCUT2D eigenvalue weighted by Gasteiger charge is 2.32. The minimum absolute atomic E-state index is 0.0725. The number of piperidine rings is 1. The molecule has 1 amide bonds. The lowest BCUT2D eigenvalue weighted by Gasteiger charge is -2.33. The molecule has 0 radical (unpaired) electrons. The molecule has 0 unspecified atom stereocenters. The Balaban J connectivity index is 1.67. The van der Waals surface area contributed by atoms with E-state index in [1.807, 2.05) is 24.4 Å². The lowest BCUT2D eigenvalue weighted by molar-refractivity contribution is -0.137. The first-order valence-electron chi connectivity index (χ1n) is 8.49. The average molecular weight is 399 g/mol. The van der Waals surface area contributed by atoms with Crippen molar-refractivity contribution in [1.29, 1.82) is 0 Å². The van der Waals surface area contributed by atoms with Crippen LogP contribution in [-0.2, 0) is 21.4 Å². The standard InChI is InChI=1S/C16H22N4O4S2/c1-3-19(11-14-17-15(18-24-14)13-7-5-9-25-13)16(21)12-6-4-8-20(10-12)26(2,22)23/h5,7,9,12H,3-4,6,8,10-11H2,1-2H3/t12-/m0/s1. The maximum absolute atomic E-state index is 12.9. The van der Waals surface area contributed by atoms with E-state index >= 15 is 0 Å². The van der Waals surface area contributed by atoms with Crippen LogP contribution in [0.5, 0.6) is 0 Å². The zero-order chi connectivity index (χ0) is 18.7. The van der Waals surface area contributed by atoms with Gasteiger partial charge < -0.3 is 9.42 Å². The summed E-state index contributed by atoms with van der Waals surface area (Å²) in [6.07, 6.45) is 2.55. The maximum atomic E-state index is 12.9. The third-order valence-corrected chi connectivity index (χ3v) is 6.57. The van der Waals surface area contributed by atoms with Crippen molar-refractivity contribution in [2.75, 3.05) is 25.9 Å². The Morgan fingerprint density at radius 3 is 2.96 bits per heavy atom. The van der Waals surface area contributed by atoms with E-state index in [-0.39, 0.29) is 24.9 Å². The van der Waals surface area contributed by atoms with Gasteiger partial charge >= 0.3 is 0 Å². The third kappa shape index (κ3) is 4.30. The number of rotatable bonds is 6. The van der Waals surface area contributed by atoms with Crippen molar-refractivity contribution in [3.8, 4) is 10.7 Å². The minimum Gasteiger partial charge on any atom is -0.337 e. The van der Waals surface area contributed by atoms with E-state index in [2.05, 4.69) is 10.1 Å². The normalized spacial score (nSPS) is 18.8. The van der Waals surface area contributed by atoms with Crippen molar-refractivity contribution in [2.24, 2.45) is 5.92 Å². The molecule has 26 heavy (non-hydrogen) atoms. The fourth-order valence-corrected chi connectivity index (χ4v) is 4.60. The van der Waals surface area contributed by atoms with Crippen molar-refractivity contribution < 1.29 is 17.7 Å². The largest absolute Gasteiger partial charge is 0.337 e. The number of sulfonamides is 1. The fourth-order valence-electron chi connectivity index (χ4n) is 3.04. The van der Waals surface area contributed by atoms with Gasteiger partial charge in [-0.25, -0.2) is 12.7 Å². The highest BCUT2D eigenvalue weighted by Crippen LogP contribution is 2.23. The molecule has 1 saturated heterocycles. The van der Waals surface area contributed by atoms with Gasteiger partial charge in [0.2, 0.25) is 27.6 Å². The van der Waals surface area contributed by atoms with Crippen molar-refractivity contribution in [1.82, 2.24) is 19.3 Å². The van der Waals surface area contributed by atoms with Gasteiger partial charge in [0.25, 0.3) is 0 Å². The quantitative estimate of drug-likeness (QED) is 0.736. The van der Waals surface area contributed by atoms with E-state index < -0.39 is 10.0 Å². The Morgan fingerprint density at radius 2 is 2.31 bits per heavy atom. The molecule has 1 aliphatic rings. The number of hydrogen-bond donors (Lipinski definition) is 0. The van der Waals surface area contributed by atoms with Gasteiger partial charge in [-0.05, 0) is 31.2 Å². The number of carbonyl (C=O) groups is 1. The predicted molar refractivity (Wildman–Crippen MR) is 97.8 cm³/mol. The topological polar surface area (TPSA) is 96.6 Å². The van der Waals surface area contributed by atoms with Crippen LogP contribution in [0.15, 0.2) is 22.0 Å². The fraction of sp³-hybridized carbons (Fsp3) is 0.562. The summed E-state index contributed by atoms with van der Waals surface area (Å²) in [5, 5.41) is 5.90. The molecule has 1 aliphatic heterocycles. The Kier molecular flexibility index (Phi) is 5.73. The first kappa shape index (κ1) is 19.0. The molecule has 3 rings (SSSR count). The number of thiophene rings is 1. The molecular weight excluding hydrogens is 376 g/mol. The molecule has 0 aromatic carbocycles. The number of aromatic nitrogens is 2. The van der Waals surface area contributed by atoms with E-state index in [9.17, 15) is 13.2 Å². The molecule has 0 saturated carbocycles. The van der Waals surface area contributed by atoms with Gasteiger partial charge in [0.05, 0.1) is 23.6 Å². The second kappa shape index (κ2) is 7.85. The third-order valence-electron chi connectivity index (χ3n) is 4.43. The summed E-state index contributed by atoms with van der Waals surface area (Å²) in [6.45, 7) is 3.31. The van der Waals surface area contributed by atoms with Crippen LogP contribution in [-0.4, -0.2) is 59.6 Å². The van der Waals surface area contributed by atoms with Crippen LogP contribution in [0.3, 0.4) is 0 Å². The van der Waals surface area contributed by atoms with Crippen molar-refractivity contribution in [3.05, 3.63) is 23.4 Å². The van der Waals surface area contributed by atoms with E-state index in [1.54, 1.807) is 4.90 Å². The van der Waals surface area contributed by atoms with Crippen LogP contribution < -0.4 is 0 Å². The summed E-state index contributed by atoms with van der Waals surface area (Å²) in [5.74, 6) is 0.480. The van der Waals surface area contributed by atoms with Crippen molar-refractivity contribution >= 4 is 27.3 Å². The van der Waals surface area contributed by atoms with Crippen LogP contribution >= 0.6 is 11.3 Å². The monoisotopic (exact) mass is 398 g/mol. The van der Waals surface area contributed by atoms with Crippen LogP contribution in [0, 0.1) is 5.92 Å². The van der Waals surface area contributed by atoms with Gasteiger partial charge in [-0.2, -0.15) is 4.98 Å². The van der Waals surface area contributed by atoms with Gasteiger partial charge in [-0.1, -0.05) is 11.2 Å². The molecule has 8 nitrogen and oxygen atoms in total. The summed E-state index contributed by atoms with van der Waals surface area (Å²) >= 11 is 1.52. The number of amides is 1. The second-order valence-corrected chi connectivity index (χ2v) is 9.23. The molecule has 3 heterocycles. The summed E-state index contributed by atoms with van der Waals surface area (Å²) in [4.78, 5) is 19.8. The first-order valence-corrected chi connectivity index (χ1v) is 11.2. The van der Waals surface area contributed by atoms with E-state index in [0.29, 0.717) is 37.6 Å². The summed E-state index contributed by atoms with van der Waals surface area (Å²) < 4.78 is 30.2. The molecule has 2 aromatic heterocycles. The van der Waals surface area contributed by atoms with E-state index in [4.69, 9.17) is 4.52 Å². The van der Waals surface area contributed by atoms with E-state index in [0.717, 1.165) is 4.88 Å². The highest BCUT2D eigenvalue weighted by atomic mass is 32.2. The van der Waals surface area contributed by atoms with Crippen LogP contribution in [0.2, 0.25) is 0 Å². The lowest BCUT2D eigenvalue weighted by atomic mass is 9.98. The van der Waals surface area contributed by atoms with Crippen LogP contribution in [0.4, 0.5) is 0 Å². The molecular formula is C16H22N4O4S2. The predicted octanol–water partition coefficient (Wildman–Crippen LogP) is 1.82. The first-order chi connectivity index (χ1) is 12.4. The summed E-state index contributed by atoms with van der Waals surface area (Å²) in [5.41, 5.74) is 0. The Hall–Kier alpha value is -1.78. The Morgan fingerprint density at radius 1 is 1.50 bits per heavy atom. The van der Waals surface area contributed by atoms with Gasteiger partial charge in [0.15, 0.2) is 0 Å². The molecule has 0 N–H and O–H groups in total. The number of hydrogen-bond acceptors (Lipinski definition) is 7. The molecule has 0 spiro atoms. The Bertz CT molecular complexity index is 847. The molecule has 2 aromatic rings. The van der Waals surface area contributed by atoms with Gasteiger partial charge in [0.1, 0.15) is 0 Å². The maximum Gasteiger partial charge on any atom is 0.246 e. The average Bonchev–Trinajstić information content (AvgIpc) is 3.30. The second-order valence-electron chi connectivity index (χ2n) is 6.30. The molecule has 142 valence electrons. The zero-order valence-electron chi connectivity index (χ0n) is 14.8. The molecule has 0 bridgehead atoms. The van der Waals surface area contributed by atoms with Gasteiger partial charge in [-0.3, -0.25) is 4.79 Å². The summed E-state index contributed by atoms with van der Waals surface area (Å²) in [6, 6.07) is 3.82. The van der Waals surface area contributed by atoms with Crippen LogP contribution in [0.25, 0.3) is 10.7 Å². The minimum atomic E-state index is -3.28. The number of nitrogens with zero attached hydrogens (tertiary/aromatic N) is 4. The smallest absolute Gasteiger partial charge is 0.246 e. The summed E-state index contributed by atoms with van der Waals surface area (Å²) in [7, 11) is -3.28. The number of carbonyl (C=O) groups excluding carboxylic acids is 1. The molecule has 10 heteroatoms. The Labute approximate surface area is 156 Å². The van der Waals surface area contributed by atoms with Crippen molar-refractivity contribution in [3.63, 3.8) is 0 Å². The van der Waals surface area contributed by atoms with Crippen molar-refractivity contribution in [2.45, 2.75) is 26.3 Å². The van der Waals surface area contributed by atoms with Gasteiger partial charge in [-0.15, -0.1) is 11.3 Å². The lowest BCUT2D eigenvalue weighted by Crippen LogP contribution is -2.46. The highest BCUT2D eigenvalue weighted by molar-refractivity contribution is 7.88.